The summed E-state index contributed by atoms with van der Waals surface area (Å²) in [4.78, 5) is 22.4. The van der Waals surface area contributed by atoms with Crippen LogP contribution in [0.25, 0.3) is 0 Å². The number of nitrogens with zero attached hydrogens (tertiary/aromatic N) is 2. The monoisotopic (exact) mass is 236 g/mol. The van der Waals surface area contributed by atoms with Crippen molar-refractivity contribution >= 4 is 17.2 Å². The summed E-state index contributed by atoms with van der Waals surface area (Å²) in [7, 11) is 0. The van der Waals surface area contributed by atoms with Crippen LogP contribution in [0.2, 0.25) is 0 Å². The van der Waals surface area contributed by atoms with Crippen LogP contribution in [0.3, 0.4) is 0 Å². The number of hydrogen-bond donors (Lipinski definition) is 2. The number of thiazole rings is 1. The highest BCUT2D eigenvalue weighted by molar-refractivity contribution is 7.09. The molecule has 2 N–H and O–H groups in total. The number of aromatic amines is 1. The van der Waals surface area contributed by atoms with Crippen molar-refractivity contribution in [3.8, 4) is 0 Å². The summed E-state index contributed by atoms with van der Waals surface area (Å²) in [5.74, 6) is 1.28. The first kappa shape index (κ1) is 10.8. The number of hydrogen-bond acceptors (Lipinski definition) is 5. The van der Waals surface area contributed by atoms with E-state index < -0.39 is 0 Å². The first-order chi connectivity index (χ1) is 7.78. The van der Waals surface area contributed by atoms with Crippen LogP contribution in [0.1, 0.15) is 17.8 Å². The van der Waals surface area contributed by atoms with E-state index in [0.29, 0.717) is 24.6 Å². The summed E-state index contributed by atoms with van der Waals surface area (Å²) >= 11 is 1.57. The lowest BCUT2D eigenvalue weighted by Gasteiger charge is -2.04. The highest BCUT2D eigenvalue weighted by atomic mass is 32.1. The molecule has 5 nitrogen and oxygen atoms in total. The normalized spacial score (nSPS) is 10.3. The fourth-order valence-corrected chi connectivity index (χ4v) is 1.83. The summed E-state index contributed by atoms with van der Waals surface area (Å²) in [5.41, 5.74) is -0.131. The lowest BCUT2D eigenvalue weighted by Crippen LogP contribution is -2.13. The molecule has 0 atom stereocenters. The second-order valence-corrected chi connectivity index (χ2v) is 4.19. The van der Waals surface area contributed by atoms with E-state index >= 15 is 0 Å². The quantitative estimate of drug-likeness (QED) is 0.841. The summed E-state index contributed by atoms with van der Waals surface area (Å²) in [6.45, 7) is 2.54. The Morgan fingerprint density at radius 1 is 1.56 bits per heavy atom. The summed E-state index contributed by atoms with van der Waals surface area (Å²) in [6.07, 6.45) is 2.46. The molecular weight excluding hydrogens is 224 g/mol. The molecule has 0 aliphatic rings. The number of aryl methyl sites for hydroxylation is 1. The molecule has 2 aromatic rings. The van der Waals surface area contributed by atoms with Crippen LogP contribution in [0.4, 0.5) is 5.82 Å². The van der Waals surface area contributed by atoms with E-state index in [1.807, 2.05) is 12.3 Å². The molecule has 0 bridgehead atoms. The lowest BCUT2D eigenvalue weighted by molar-refractivity contribution is 0.913. The van der Waals surface area contributed by atoms with E-state index in [1.165, 1.54) is 6.07 Å². The first-order valence-electron chi connectivity index (χ1n) is 5.00. The first-order valence-corrected chi connectivity index (χ1v) is 5.88. The van der Waals surface area contributed by atoms with Crippen molar-refractivity contribution in [1.82, 2.24) is 15.0 Å². The van der Waals surface area contributed by atoms with E-state index in [-0.39, 0.29) is 5.56 Å². The van der Waals surface area contributed by atoms with E-state index in [4.69, 9.17) is 0 Å². The third-order valence-corrected chi connectivity index (χ3v) is 2.81. The van der Waals surface area contributed by atoms with Gasteiger partial charge in [0.2, 0.25) is 0 Å². The molecule has 0 aliphatic heterocycles. The number of aromatic nitrogens is 3. The van der Waals surface area contributed by atoms with Gasteiger partial charge in [0.15, 0.2) is 0 Å². The second-order valence-electron chi connectivity index (χ2n) is 3.21. The van der Waals surface area contributed by atoms with Gasteiger partial charge in [-0.25, -0.2) is 9.97 Å². The molecule has 0 saturated heterocycles. The molecule has 0 fully saturated rings. The van der Waals surface area contributed by atoms with Crippen LogP contribution < -0.4 is 10.9 Å². The smallest absolute Gasteiger partial charge is 0.252 e. The van der Waals surface area contributed by atoms with Gasteiger partial charge in [0.05, 0.1) is 6.54 Å². The minimum atomic E-state index is -0.131. The Bertz CT molecular complexity index is 506. The molecule has 0 aromatic carbocycles. The topological polar surface area (TPSA) is 70.7 Å². The molecule has 0 radical (unpaired) electrons. The zero-order valence-electron chi connectivity index (χ0n) is 8.86. The van der Waals surface area contributed by atoms with Gasteiger partial charge >= 0.3 is 0 Å². The Morgan fingerprint density at radius 2 is 2.44 bits per heavy atom. The molecule has 2 heterocycles. The van der Waals surface area contributed by atoms with E-state index in [1.54, 1.807) is 17.5 Å². The molecule has 0 aliphatic carbocycles. The minimum absolute atomic E-state index is 0.131. The maximum atomic E-state index is 11.3. The average Bonchev–Trinajstić information content (AvgIpc) is 2.78. The predicted octanol–water partition coefficient (Wildman–Crippen LogP) is 1.40. The van der Waals surface area contributed by atoms with Crippen LogP contribution in [-0.4, -0.2) is 15.0 Å². The summed E-state index contributed by atoms with van der Waals surface area (Å²) < 4.78 is 0. The van der Waals surface area contributed by atoms with Crippen LogP contribution in [-0.2, 0) is 13.0 Å². The molecule has 2 aromatic heterocycles. The molecule has 2 rings (SSSR count). The third-order valence-electron chi connectivity index (χ3n) is 2.03. The van der Waals surface area contributed by atoms with Gasteiger partial charge in [0, 0.05) is 24.1 Å². The number of nitrogens with one attached hydrogen (secondary N) is 2. The maximum Gasteiger partial charge on any atom is 0.252 e. The van der Waals surface area contributed by atoms with E-state index in [2.05, 4.69) is 20.3 Å². The zero-order valence-corrected chi connectivity index (χ0v) is 9.67. The van der Waals surface area contributed by atoms with Gasteiger partial charge in [0.1, 0.15) is 16.6 Å². The largest absolute Gasteiger partial charge is 0.363 e. The standard InChI is InChI=1S/C10H12N4OS/c1-2-7-13-8(5-9(15)14-7)12-6-10-11-3-4-16-10/h3-5H,2,6H2,1H3,(H2,12,13,14,15). The van der Waals surface area contributed by atoms with Crippen LogP contribution in [0, 0.1) is 0 Å². The highest BCUT2D eigenvalue weighted by Gasteiger charge is 2.00. The lowest BCUT2D eigenvalue weighted by atomic mass is 10.4. The third kappa shape index (κ3) is 2.66. The van der Waals surface area contributed by atoms with Crippen LogP contribution in [0.5, 0.6) is 0 Å². The van der Waals surface area contributed by atoms with Crippen molar-refractivity contribution in [2.45, 2.75) is 19.9 Å². The van der Waals surface area contributed by atoms with Gasteiger partial charge in [0.25, 0.3) is 5.56 Å². The predicted molar refractivity (Wildman–Crippen MR) is 63.7 cm³/mol. The number of H-pyrrole nitrogens is 1. The van der Waals surface area contributed by atoms with Gasteiger partial charge in [-0.3, -0.25) is 4.79 Å². The Labute approximate surface area is 96.6 Å². The van der Waals surface area contributed by atoms with Crippen molar-refractivity contribution in [1.29, 1.82) is 0 Å². The molecule has 16 heavy (non-hydrogen) atoms. The second kappa shape index (κ2) is 4.89. The number of rotatable bonds is 4. The fourth-order valence-electron chi connectivity index (χ4n) is 1.27. The summed E-state index contributed by atoms with van der Waals surface area (Å²) in [6, 6.07) is 1.45. The SMILES string of the molecule is CCc1nc(NCc2nccs2)cc(=O)[nH]1. The Balaban J connectivity index is 2.09. The van der Waals surface area contributed by atoms with Crippen molar-refractivity contribution in [2.24, 2.45) is 0 Å². The van der Waals surface area contributed by atoms with Crippen molar-refractivity contribution in [3.63, 3.8) is 0 Å². The van der Waals surface area contributed by atoms with Gasteiger partial charge in [-0.05, 0) is 0 Å². The van der Waals surface area contributed by atoms with Crippen molar-refractivity contribution < 1.29 is 0 Å². The highest BCUT2D eigenvalue weighted by Crippen LogP contribution is 2.07. The Kier molecular flexibility index (Phi) is 3.31. The molecular formula is C10H12N4OS. The maximum absolute atomic E-state index is 11.3. The van der Waals surface area contributed by atoms with Gasteiger partial charge in [-0.2, -0.15) is 0 Å². The molecule has 0 saturated carbocycles. The molecule has 6 heteroatoms. The summed E-state index contributed by atoms with van der Waals surface area (Å²) in [5, 5.41) is 5.97. The van der Waals surface area contributed by atoms with Crippen molar-refractivity contribution in [2.75, 3.05) is 5.32 Å². The van der Waals surface area contributed by atoms with Gasteiger partial charge in [-0.1, -0.05) is 6.92 Å². The molecule has 0 spiro atoms. The van der Waals surface area contributed by atoms with Gasteiger partial charge in [-0.15, -0.1) is 11.3 Å². The Hall–Kier alpha value is -1.69. The number of anilines is 1. The van der Waals surface area contributed by atoms with Crippen LogP contribution >= 0.6 is 11.3 Å². The average molecular weight is 236 g/mol. The molecule has 0 amide bonds. The van der Waals surface area contributed by atoms with Gasteiger partial charge < -0.3 is 10.3 Å². The molecule has 84 valence electrons. The fraction of sp³-hybridized carbons (Fsp3) is 0.300. The van der Waals surface area contributed by atoms with E-state index in [9.17, 15) is 4.79 Å². The molecule has 0 unspecified atom stereocenters. The zero-order chi connectivity index (χ0) is 11.4. The Morgan fingerprint density at radius 3 is 3.12 bits per heavy atom. The van der Waals surface area contributed by atoms with Crippen LogP contribution in [0.15, 0.2) is 22.4 Å². The van der Waals surface area contributed by atoms with Crippen molar-refractivity contribution in [3.05, 3.63) is 38.8 Å². The van der Waals surface area contributed by atoms with E-state index in [0.717, 1.165) is 5.01 Å². The minimum Gasteiger partial charge on any atom is -0.363 e.